The van der Waals surface area contributed by atoms with Crippen LogP contribution in [0.3, 0.4) is 0 Å². The molecule has 1 aromatic carbocycles. The smallest absolute Gasteiger partial charge is 0.215 e. The van der Waals surface area contributed by atoms with E-state index in [1.54, 1.807) is 22.2 Å². The van der Waals surface area contributed by atoms with Crippen molar-refractivity contribution in [2.24, 2.45) is 0 Å². The quantitative estimate of drug-likeness (QED) is 0.715. The van der Waals surface area contributed by atoms with E-state index in [0.29, 0.717) is 0 Å². The second kappa shape index (κ2) is 7.08. The van der Waals surface area contributed by atoms with E-state index < -0.39 is 10.0 Å². The van der Waals surface area contributed by atoms with Crippen molar-refractivity contribution in [3.63, 3.8) is 0 Å². The first kappa shape index (κ1) is 15.9. The van der Waals surface area contributed by atoms with Crippen molar-refractivity contribution >= 4 is 21.4 Å². The van der Waals surface area contributed by atoms with Crippen LogP contribution >= 0.6 is 11.3 Å². The van der Waals surface area contributed by atoms with Gasteiger partial charge in [-0.3, -0.25) is 4.68 Å². The third-order valence-corrected chi connectivity index (χ3v) is 5.49. The first-order valence-electron chi connectivity index (χ1n) is 7.16. The lowest BCUT2D eigenvalue weighted by Crippen LogP contribution is -2.32. The van der Waals surface area contributed by atoms with Crippen molar-refractivity contribution in [1.29, 1.82) is 0 Å². The van der Waals surface area contributed by atoms with Crippen molar-refractivity contribution in [3.05, 3.63) is 76.7 Å². The molecule has 0 saturated carbocycles. The molecule has 0 amide bonds. The molecule has 2 heterocycles. The van der Waals surface area contributed by atoms with Gasteiger partial charge in [0.2, 0.25) is 10.0 Å². The maximum absolute atomic E-state index is 12.3. The first-order valence-corrected chi connectivity index (χ1v) is 9.76. The van der Waals surface area contributed by atoms with Crippen molar-refractivity contribution in [2.45, 2.75) is 11.8 Å². The van der Waals surface area contributed by atoms with Gasteiger partial charge in [0.25, 0.3) is 0 Å². The highest BCUT2D eigenvalue weighted by Crippen LogP contribution is 2.20. The average Bonchev–Trinajstić information content (AvgIpc) is 3.21. The van der Waals surface area contributed by atoms with Gasteiger partial charge in [0, 0.05) is 18.9 Å². The van der Waals surface area contributed by atoms with Crippen LogP contribution in [0.5, 0.6) is 0 Å². The fraction of sp³-hybridized carbons (Fsp3) is 0.188. The van der Waals surface area contributed by atoms with Crippen LogP contribution in [-0.4, -0.2) is 24.7 Å². The van der Waals surface area contributed by atoms with Crippen LogP contribution in [0, 0.1) is 0 Å². The predicted molar refractivity (Wildman–Crippen MR) is 91.8 cm³/mol. The lowest BCUT2D eigenvalue weighted by atomic mass is 10.1. The molecule has 0 aliphatic carbocycles. The fourth-order valence-electron chi connectivity index (χ4n) is 2.34. The van der Waals surface area contributed by atoms with Gasteiger partial charge in [0.05, 0.1) is 11.8 Å². The van der Waals surface area contributed by atoms with Gasteiger partial charge in [0.1, 0.15) is 0 Å². The molecule has 0 aliphatic rings. The average molecular weight is 347 g/mol. The largest absolute Gasteiger partial charge is 0.264 e. The number of benzene rings is 1. The van der Waals surface area contributed by atoms with E-state index in [4.69, 9.17) is 0 Å². The number of nitrogens with zero attached hydrogens (tertiary/aromatic N) is 2. The zero-order chi connectivity index (χ0) is 16.1. The van der Waals surface area contributed by atoms with Crippen LogP contribution in [0.15, 0.2) is 65.6 Å². The van der Waals surface area contributed by atoms with Gasteiger partial charge in [-0.25, -0.2) is 13.1 Å². The molecule has 23 heavy (non-hydrogen) atoms. The molecule has 120 valence electrons. The molecule has 0 unspecified atom stereocenters. The zero-order valence-corrected chi connectivity index (χ0v) is 14.0. The molecular weight excluding hydrogens is 330 g/mol. The minimum absolute atomic E-state index is 0.0245. The Hall–Kier alpha value is -1.96. The topological polar surface area (TPSA) is 64.0 Å². The summed E-state index contributed by atoms with van der Waals surface area (Å²) in [5, 5.41) is 8.23. The summed E-state index contributed by atoms with van der Waals surface area (Å²) >= 11 is 1.58. The lowest BCUT2D eigenvalue weighted by Gasteiger charge is -2.17. The second-order valence-electron chi connectivity index (χ2n) is 5.15. The molecule has 0 radical (unpaired) electrons. The third kappa shape index (κ3) is 4.28. The van der Waals surface area contributed by atoms with E-state index in [1.165, 1.54) is 0 Å². The standard InChI is InChI=1S/C16H17N3O2S2/c20-23(21,13-14-5-2-1-3-6-14)18-11-16(15-7-10-22-12-15)19-9-4-8-17-19/h1-10,12,16,18H,11,13H2/t16-/m0/s1. The Morgan fingerprint density at radius 3 is 2.65 bits per heavy atom. The van der Waals surface area contributed by atoms with Crippen LogP contribution in [0.1, 0.15) is 17.2 Å². The molecule has 3 rings (SSSR count). The second-order valence-corrected chi connectivity index (χ2v) is 7.74. The summed E-state index contributed by atoms with van der Waals surface area (Å²) in [5.74, 6) is -0.0245. The molecule has 0 bridgehead atoms. The van der Waals surface area contributed by atoms with Crippen LogP contribution < -0.4 is 4.72 Å². The molecule has 3 aromatic rings. The Kier molecular flexibility index (Phi) is 4.90. The number of thiophene rings is 1. The van der Waals surface area contributed by atoms with Gasteiger partial charge >= 0.3 is 0 Å². The molecule has 7 heteroatoms. The number of hydrogen-bond acceptors (Lipinski definition) is 4. The first-order chi connectivity index (χ1) is 11.1. The van der Waals surface area contributed by atoms with Gasteiger partial charge < -0.3 is 0 Å². The molecule has 0 saturated heterocycles. The molecule has 1 N–H and O–H groups in total. The molecule has 1 atom stereocenters. The number of rotatable bonds is 7. The number of hydrogen-bond donors (Lipinski definition) is 1. The summed E-state index contributed by atoms with van der Waals surface area (Å²) < 4.78 is 29.1. The summed E-state index contributed by atoms with van der Waals surface area (Å²) in [7, 11) is -3.40. The monoisotopic (exact) mass is 347 g/mol. The van der Waals surface area contributed by atoms with Crippen LogP contribution in [0.25, 0.3) is 0 Å². The number of aromatic nitrogens is 2. The van der Waals surface area contributed by atoms with Gasteiger partial charge in [-0.1, -0.05) is 30.3 Å². The minimum atomic E-state index is -3.40. The highest BCUT2D eigenvalue weighted by molar-refractivity contribution is 7.88. The molecule has 0 aliphatic heterocycles. The van der Waals surface area contributed by atoms with Crippen molar-refractivity contribution in [1.82, 2.24) is 14.5 Å². The summed E-state index contributed by atoms with van der Waals surface area (Å²) in [6, 6.07) is 12.8. The fourth-order valence-corrected chi connectivity index (χ4v) is 4.20. The predicted octanol–water partition coefficient (Wildman–Crippen LogP) is 2.65. The normalized spacial score (nSPS) is 13.0. The SMILES string of the molecule is O=S(=O)(Cc1ccccc1)NC[C@@H](c1ccsc1)n1cccn1. The van der Waals surface area contributed by atoms with E-state index in [1.807, 2.05) is 59.4 Å². The maximum atomic E-state index is 12.3. The Labute approximate surface area is 139 Å². The number of sulfonamides is 1. The van der Waals surface area contributed by atoms with Gasteiger partial charge in [-0.15, -0.1) is 0 Å². The van der Waals surface area contributed by atoms with Gasteiger partial charge in [-0.05, 0) is 34.0 Å². The third-order valence-electron chi connectivity index (χ3n) is 3.47. The van der Waals surface area contributed by atoms with E-state index in [2.05, 4.69) is 9.82 Å². The Morgan fingerprint density at radius 2 is 2.00 bits per heavy atom. The Morgan fingerprint density at radius 1 is 1.17 bits per heavy atom. The van der Waals surface area contributed by atoms with Crippen molar-refractivity contribution in [3.8, 4) is 0 Å². The highest BCUT2D eigenvalue weighted by atomic mass is 32.2. The summed E-state index contributed by atoms with van der Waals surface area (Å²) in [6.07, 6.45) is 3.53. The minimum Gasteiger partial charge on any atom is -0.264 e. The molecule has 2 aromatic heterocycles. The summed E-state index contributed by atoms with van der Waals surface area (Å²) in [4.78, 5) is 0. The van der Waals surface area contributed by atoms with Crippen LogP contribution in [-0.2, 0) is 15.8 Å². The summed E-state index contributed by atoms with van der Waals surface area (Å²) in [5.41, 5.74) is 1.81. The van der Waals surface area contributed by atoms with Crippen LogP contribution in [0.4, 0.5) is 0 Å². The Balaban J connectivity index is 1.71. The van der Waals surface area contributed by atoms with E-state index in [0.717, 1.165) is 11.1 Å². The zero-order valence-electron chi connectivity index (χ0n) is 12.4. The lowest BCUT2D eigenvalue weighted by molar-refractivity contribution is 0.506. The molecular formula is C16H17N3O2S2. The van der Waals surface area contributed by atoms with Gasteiger partial charge in [-0.2, -0.15) is 16.4 Å². The van der Waals surface area contributed by atoms with Crippen molar-refractivity contribution in [2.75, 3.05) is 6.54 Å². The van der Waals surface area contributed by atoms with E-state index in [-0.39, 0.29) is 18.3 Å². The molecule has 5 nitrogen and oxygen atoms in total. The number of nitrogens with one attached hydrogen (secondary N) is 1. The van der Waals surface area contributed by atoms with E-state index in [9.17, 15) is 8.42 Å². The molecule has 0 fully saturated rings. The van der Waals surface area contributed by atoms with Crippen molar-refractivity contribution < 1.29 is 8.42 Å². The van der Waals surface area contributed by atoms with Gasteiger partial charge in [0.15, 0.2) is 0 Å². The Bertz CT molecular complexity index is 779. The van der Waals surface area contributed by atoms with Crippen LogP contribution in [0.2, 0.25) is 0 Å². The molecule has 0 spiro atoms. The summed E-state index contributed by atoms with van der Waals surface area (Å²) in [6.45, 7) is 0.271. The highest BCUT2D eigenvalue weighted by Gasteiger charge is 2.19. The van der Waals surface area contributed by atoms with E-state index >= 15 is 0 Å². The maximum Gasteiger partial charge on any atom is 0.215 e.